The quantitative estimate of drug-likeness (QED) is 0.574. The van der Waals surface area contributed by atoms with E-state index >= 15 is 0 Å². The normalized spacial score (nSPS) is 16.0. The molecule has 3 N–H and O–H groups in total. The van der Waals surface area contributed by atoms with Crippen molar-refractivity contribution in [3.8, 4) is 0 Å². The van der Waals surface area contributed by atoms with Crippen molar-refractivity contribution < 1.29 is 13.2 Å². The first-order chi connectivity index (χ1) is 14.3. The number of anilines is 2. The smallest absolute Gasteiger partial charge is 0.264 e. The Bertz CT molecular complexity index is 1190. The van der Waals surface area contributed by atoms with Crippen molar-refractivity contribution in [2.24, 2.45) is 5.92 Å². The molecular weight excluding hydrogens is 404 g/mol. The van der Waals surface area contributed by atoms with Crippen LogP contribution in [0.3, 0.4) is 0 Å². The van der Waals surface area contributed by atoms with Gasteiger partial charge in [-0.05, 0) is 57.0 Å². The number of imidazole rings is 1. The number of rotatable bonds is 5. The second kappa shape index (κ2) is 7.86. The molecule has 30 heavy (non-hydrogen) atoms. The number of aromatic nitrogens is 4. The summed E-state index contributed by atoms with van der Waals surface area (Å²) in [6, 6.07) is 7.68. The van der Waals surface area contributed by atoms with Gasteiger partial charge in [-0.2, -0.15) is 0 Å². The molecule has 0 radical (unpaired) electrons. The zero-order valence-electron chi connectivity index (χ0n) is 16.6. The number of carbonyl (C=O) groups excluding carboxylic acids is 1. The lowest BCUT2D eigenvalue weighted by Crippen LogP contribution is -2.28. The van der Waals surface area contributed by atoms with E-state index in [-0.39, 0.29) is 22.7 Å². The van der Waals surface area contributed by atoms with Crippen LogP contribution in [0.1, 0.15) is 29.3 Å². The standard InChI is InChI=1S/C20H22N6O3S/c1-12-9-10-21-20(22-12)26-30(28,29)16-6-4-15(5-7-16)25-19(27)14-3-8-17-18(11-14)24-13(2)23-17/h4-7,9-10,14H,3,8,11H2,1-2H3,(H,23,24)(H,25,27)(H,21,22,26). The predicted molar refractivity (Wildman–Crippen MR) is 111 cm³/mol. The second-order valence-corrected chi connectivity index (χ2v) is 9.01. The SMILES string of the molecule is Cc1ccnc(NS(=O)(=O)c2ccc(NC(=O)C3CCc4nc(C)[nH]c4C3)cc2)n1. The average molecular weight is 427 g/mol. The van der Waals surface area contributed by atoms with Crippen molar-refractivity contribution >= 4 is 27.6 Å². The summed E-state index contributed by atoms with van der Waals surface area (Å²) in [5.41, 5.74) is 3.25. The molecule has 0 bridgehead atoms. The van der Waals surface area contributed by atoms with E-state index in [9.17, 15) is 13.2 Å². The Morgan fingerprint density at radius 3 is 2.63 bits per heavy atom. The van der Waals surface area contributed by atoms with E-state index in [1.807, 2.05) is 6.92 Å². The third-order valence-corrected chi connectivity index (χ3v) is 6.33. The molecule has 3 aromatic rings. The van der Waals surface area contributed by atoms with E-state index in [0.29, 0.717) is 17.8 Å². The van der Waals surface area contributed by atoms with E-state index in [1.54, 1.807) is 25.1 Å². The molecule has 1 aromatic carbocycles. The van der Waals surface area contributed by atoms with Gasteiger partial charge in [0.25, 0.3) is 10.0 Å². The van der Waals surface area contributed by atoms with Crippen LogP contribution in [-0.2, 0) is 27.7 Å². The van der Waals surface area contributed by atoms with E-state index in [0.717, 1.165) is 30.1 Å². The number of hydrogen-bond donors (Lipinski definition) is 3. The van der Waals surface area contributed by atoms with Crippen LogP contribution in [0.25, 0.3) is 0 Å². The van der Waals surface area contributed by atoms with E-state index in [4.69, 9.17) is 0 Å². The first kappa shape index (κ1) is 20.0. The highest BCUT2D eigenvalue weighted by atomic mass is 32.2. The van der Waals surface area contributed by atoms with E-state index < -0.39 is 10.0 Å². The molecule has 10 heteroatoms. The van der Waals surface area contributed by atoms with Gasteiger partial charge in [0.2, 0.25) is 11.9 Å². The van der Waals surface area contributed by atoms with Gasteiger partial charge in [0.1, 0.15) is 5.82 Å². The average Bonchev–Trinajstić information content (AvgIpc) is 3.07. The summed E-state index contributed by atoms with van der Waals surface area (Å²) in [5, 5.41) is 2.87. The number of carbonyl (C=O) groups is 1. The first-order valence-corrected chi connectivity index (χ1v) is 11.1. The molecule has 1 aliphatic rings. The van der Waals surface area contributed by atoms with Crippen LogP contribution in [0.15, 0.2) is 41.4 Å². The number of amides is 1. The maximum absolute atomic E-state index is 12.6. The van der Waals surface area contributed by atoms with Gasteiger partial charge < -0.3 is 10.3 Å². The number of fused-ring (bicyclic) bond motifs is 1. The number of hydrogen-bond acceptors (Lipinski definition) is 6. The van der Waals surface area contributed by atoms with Gasteiger partial charge >= 0.3 is 0 Å². The number of aryl methyl sites for hydroxylation is 3. The van der Waals surface area contributed by atoms with E-state index in [1.165, 1.54) is 18.3 Å². The van der Waals surface area contributed by atoms with Crippen molar-refractivity contribution in [1.29, 1.82) is 0 Å². The summed E-state index contributed by atoms with van der Waals surface area (Å²) < 4.78 is 27.4. The Balaban J connectivity index is 1.41. The van der Waals surface area contributed by atoms with Gasteiger partial charge in [-0.3, -0.25) is 4.79 Å². The zero-order valence-corrected chi connectivity index (χ0v) is 17.5. The van der Waals surface area contributed by atoms with Crippen LogP contribution >= 0.6 is 0 Å². The maximum Gasteiger partial charge on any atom is 0.264 e. The molecule has 0 saturated heterocycles. The summed E-state index contributed by atoms with van der Waals surface area (Å²) in [6.07, 6.45) is 3.60. The summed E-state index contributed by atoms with van der Waals surface area (Å²) >= 11 is 0. The Morgan fingerprint density at radius 1 is 1.13 bits per heavy atom. The Hall–Kier alpha value is -3.27. The predicted octanol–water partition coefficient (Wildman–Crippen LogP) is 2.36. The van der Waals surface area contributed by atoms with Crippen LogP contribution in [0.5, 0.6) is 0 Å². The lowest BCUT2D eigenvalue weighted by molar-refractivity contribution is -0.120. The molecule has 0 aliphatic heterocycles. The lowest BCUT2D eigenvalue weighted by Gasteiger charge is -2.20. The number of sulfonamides is 1. The highest BCUT2D eigenvalue weighted by Gasteiger charge is 2.27. The topological polar surface area (TPSA) is 130 Å². The number of nitrogens with one attached hydrogen (secondary N) is 3. The highest BCUT2D eigenvalue weighted by molar-refractivity contribution is 7.92. The van der Waals surface area contributed by atoms with Crippen molar-refractivity contribution in [3.05, 3.63) is 59.4 Å². The molecule has 9 nitrogen and oxygen atoms in total. The first-order valence-electron chi connectivity index (χ1n) is 9.58. The highest BCUT2D eigenvalue weighted by Crippen LogP contribution is 2.25. The maximum atomic E-state index is 12.6. The zero-order chi connectivity index (χ0) is 21.3. The van der Waals surface area contributed by atoms with Gasteiger partial charge in [0.05, 0.1) is 10.6 Å². The molecule has 0 spiro atoms. The van der Waals surface area contributed by atoms with Crippen LogP contribution in [0, 0.1) is 19.8 Å². The number of H-pyrrole nitrogens is 1. The van der Waals surface area contributed by atoms with Gasteiger partial charge in [-0.25, -0.2) is 28.1 Å². The molecule has 2 aromatic heterocycles. The fraction of sp³-hybridized carbons (Fsp3) is 0.300. The fourth-order valence-electron chi connectivity index (χ4n) is 3.49. The van der Waals surface area contributed by atoms with Crippen LogP contribution in [0.2, 0.25) is 0 Å². The fourth-order valence-corrected chi connectivity index (χ4v) is 4.44. The summed E-state index contributed by atoms with van der Waals surface area (Å²) in [7, 11) is -3.83. The summed E-state index contributed by atoms with van der Waals surface area (Å²) in [5.74, 6) is 0.635. The number of aromatic amines is 1. The molecule has 1 unspecified atom stereocenters. The molecule has 4 rings (SSSR count). The Morgan fingerprint density at radius 2 is 1.90 bits per heavy atom. The minimum Gasteiger partial charge on any atom is -0.346 e. The lowest BCUT2D eigenvalue weighted by atomic mass is 9.89. The van der Waals surface area contributed by atoms with Gasteiger partial charge in [0, 0.05) is 35.6 Å². The second-order valence-electron chi connectivity index (χ2n) is 7.33. The van der Waals surface area contributed by atoms with Gasteiger partial charge in [-0.1, -0.05) is 0 Å². The van der Waals surface area contributed by atoms with Crippen LogP contribution in [0.4, 0.5) is 11.6 Å². The van der Waals surface area contributed by atoms with Crippen molar-refractivity contribution in [2.45, 2.75) is 38.0 Å². The molecule has 2 heterocycles. The molecule has 0 saturated carbocycles. The monoisotopic (exact) mass is 426 g/mol. The van der Waals surface area contributed by atoms with Crippen LogP contribution in [-0.4, -0.2) is 34.3 Å². The molecule has 1 amide bonds. The molecule has 1 atom stereocenters. The molecule has 1 aliphatic carbocycles. The molecular formula is C20H22N6O3S. The Kier molecular flexibility index (Phi) is 5.25. The third-order valence-electron chi connectivity index (χ3n) is 4.99. The third kappa shape index (κ3) is 4.33. The molecule has 156 valence electrons. The van der Waals surface area contributed by atoms with E-state index in [2.05, 4.69) is 30.0 Å². The van der Waals surface area contributed by atoms with Crippen molar-refractivity contribution in [3.63, 3.8) is 0 Å². The largest absolute Gasteiger partial charge is 0.346 e. The van der Waals surface area contributed by atoms with Crippen molar-refractivity contribution in [1.82, 2.24) is 19.9 Å². The number of benzene rings is 1. The minimum atomic E-state index is -3.83. The van der Waals surface area contributed by atoms with Crippen molar-refractivity contribution in [2.75, 3.05) is 10.0 Å². The minimum absolute atomic E-state index is 0.0121. The Labute approximate surface area is 174 Å². The summed E-state index contributed by atoms with van der Waals surface area (Å²) in [4.78, 5) is 28.3. The van der Waals surface area contributed by atoms with Gasteiger partial charge in [0.15, 0.2) is 0 Å². The van der Waals surface area contributed by atoms with Gasteiger partial charge in [-0.15, -0.1) is 0 Å². The summed E-state index contributed by atoms with van der Waals surface area (Å²) in [6.45, 7) is 3.65. The molecule has 0 fully saturated rings. The number of nitrogens with zero attached hydrogens (tertiary/aromatic N) is 3. The van der Waals surface area contributed by atoms with Crippen LogP contribution < -0.4 is 10.0 Å².